The highest BCUT2D eigenvalue weighted by atomic mass is 16.5. The molecular formula is C7H12N2O2. The van der Waals surface area contributed by atoms with Gasteiger partial charge in [-0.05, 0) is 6.92 Å². The molecule has 4 nitrogen and oxygen atoms in total. The summed E-state index contributed by atoms with van der Waals surface area (Å²) in [5.74, 6) is 0.0857. The summed E-state index contributed by atoms with van der Waals surface area (Å²) in [5, 5.41) is 6.08. The average molecular weight is 156 g/mol. The third kappa shape index (κ3) is 1.02. The van der Waals surface area contributed by atoms with E-state index in [4.69, 9.17) is 4.74 Å². The lowest BCUT2D eigenvalue weighted by Gasteiger charge is -2.46. The Morgan fingerprint density at radius 2 is 2.36 bits per heavy atom. The molecule has 2 aliphatic rings. The maximum atomic E-state index is 11.0. The average Bonchev–Trinajstić information content (AvgIpc) is 1.92. The zero-order chi connectivity index (χ0) is 7.90. The first kappa shape index (κ1) is 7.06. The highest BCUT2D eigenvalue weighted by Crippen LogP contribution is 2.18. The predicted molar refractivity (Wildman–Crippen MR) is 39.2 cm³/mol. The largest absolute Gasteiger partial charge is 0.377 e. The molecule has 2 aliphatic heterocycles. The van der Waals surface area contributed by atoms with Crippen molar-refractivity contribution in [1.29, 1.82) is 0 Å². The van der Waals surface area contributed by atoms with Gasteiger partial charge in [-0.3, -0.25) is 10.1 Å². The summed E-state index contributed by atoms with van der Waals surface area (Å²) in [6.45, 7) is 4.01. The van der Waals surface area contributed by atoms with Crippen LogP contribution in [0.5, 0.6) is 0 Å². The van der Waals surface area contributed by atoms with E-state index in [0.29, 0.717) is 6.54 Å². The van der Waals surface area contributed by atoms with E-state index < -0.39 is 0 Å². The number of carbonyl (C=O) groups is 1. The van der Waals surface area contributed by atoms with Crippen LogP contribution in [0.4, 0.5) is 0 Å². The van der Waals surface area contributed by atoms with Crippen LogP contribution in [-0.2, 0) is 9.53 Å². The molecule has 2 N–H and O–H groups in total. The highest BCUT2D eigenvalue weighted by molar-refractivity contribution is 5.82. The number of hydrogen-bond donors (Lipinski definition) is 2. The minimum Gasteiger partial charge on any atom is -0.377 e. The second kappa shape index (κ2) is 2.19. The Labute approximate surface area is 65.3 Å². The topological polar surface area (TPSA) is 50.4 Å². The first-order chi connectivity index (χ1) is 5.22. The lowest BCUT2D eigenvalue weighted by atomic mass is 9.93. The minimum atomic E-state index is -0.0763. The Morgan fingerprint density at radius 3 is 2.82 bits per heavy atom. The molecule has 0 aromatic heterocycles. The van der Waals surface area contributed by atoms with Gasteiger partial charge in [0.1, 0.15) is 0 Å². The number of amides is 1. The van der Waals surface area contributed by atoms with Crippen LogP contribution in [0, 0.1) is 0 Å². The van der Waals surface area contributed by atoms with Gasteiger partial charge in [0, 0.05) is 6.54 Å². The quantitative estimate of drug-likeness (QED) is 0.466. The van der Waals surface area contributed by atoms with Gasteiger partial charge >= 0.3 is 0 Å². The van der Waals surface area contributed by atoms with Gasteiger partial charge in [-0.25, -0.2) is 0 Å². The summed E-state index contributed by atoms with van der Waals surface area (Å²) >= 11 is 0. The van der Waals surface area contributed by atoms with Crippen LogP contribution in [0.1, 0.15) is 6.92 Å². The Balaban J connectivity index is 2.02. The molecule has 0 aromatic carbocycles. The monoisotopic (exact) mass is 156 g/mol. The summed E-state index contributed by atoms with van der Waals surface area (Å²) in [6, 6.07) is -0.0763. The summed E-state index contributed by atoms with van der Waals surface area (Å²) < 4.78 is 5.09. The third-order valence-electron chi connectivity index (χ3n) is 2.27. The standard InChI is InChI=1S/C7H12N2O2/c1-5-6(10)8-2-7(9-5)3-11-4-7/h5,9H,2-4H2,1H3,(H,8,10). The summed E-state index contributed by atoms with van der Waals surface area (Å²) in [4.78, 5) is 11.0. The van der Waals surface area contributed by atoms with Crippen LogP contribution in [-0.4, -0.2) is 37.2 Å². The lowest BCUT2D eigenvalue weighted by molar-refractivity contribution is -0.135. The fourth-order valence-electron chi connectivity index (χ4n) is 1.52. The molecule has 0 radical (unpaired) electrons. The summed E-state index contributed by atoms with van der Waals surface area (Å²) in [6.07, 6.45) is 0. The van der Waals surface area contributed by atoms with E-state index in [1.807, 2.05) is 6.92 Å². The molecule has 0 aromatic rings. The van der Waals surface area contributed by atoms with Crippen molar-refractivity contribution >= 4 is 5.91 Å². The summed E-state index contributed by atoms with van der Waals surface area (Å²) in [5.41, 5.74) is 0.0489. The van der Waals surface area contributed by atoms with Crippen molar-refractivity contribution in [2.75, 3.05) is 19.8 Å². The van der Waals surface area contributed by atoms with Gasteiger partial charge in [0.25, 0.3) is 0 Å². The van der Waals surface area contributed by atoms with Gasteiger partial charge in [0.2, 0.25) is 5.91 Å². The molecule has 0 aliphatic carbocycles. The van der Waals surface area contributed by atoms with E-state index in [0.717, 1.165) is 13.2 Å². The second-order valence-corrected chi connectivity index (χ2v) is 3.36. The van der Waals surface area contributed by atoms with E-state index >= 15 is 0 Å². The SMILES string of the molecule is CC1NC2(CNC1=O)COC2. The Kier molecular flexibility index (Phi) is 1.40. The third-order valence-corrected chi connectivity index (χ3v) is 2.27. The normalized spacial score (nSPS) is 34.6. The molecule has 1 atom stereocenters. The summed E-state index contributed by atoms with van der Waals surface area (Å²) in [7, 11) is 0. The van der Waals surface area contributed by atoms with Crippen LogP contribution >= 0.6 is 0 Å². The van der Waals surface area contributed by atoms with Crippen molar-refractivity contribution in [3.8, 4) is 0 Å². The van der Waals surface area contributed by atoms with Crippen molar-refractivity contribution in [1.82, 2.24) is 10.6 Å². The molecule has 4 heteroatoms. The van der Waals surface area contributed by atoms with Gasteiger partial charge < -0.3 is 10.1 Å². The van der Waals surface area contributed by atoms with Crippen molar-refractivity contribution in [2.45, 2.75) is 18.5 Å². The van der Waals surface area contributed by atoms with Crippen LogP contribution < -0.4 is 10.6 Å². The molecule has 2 heterocycles. The van der Waals surface area contributed by atoms with Gasteiger partial charge in [0.05, 0.1) is 24.8 Å². The van der Waals surface area contributed by atoms with Crippen molar-refractivity contribution in [3.63, 3.8) is 0 Å². The molecular weight excluding hydrogens is 144 g/mol. The Hall–Kier alpha value is -0.610. The smallest absolute Gasteiger partial charge is 0.236 e. The highest BCUT2D eigenvalue weighted by Gasteiger charge is 2.43. The van der Waals surface area contributed by atoms with Gasteiger partial charge in [-0.2, -0.15) is 0 Å². The van der Waals surface area contributed by atoms with Gasteiger partial charge in [0.15, 0.2) is 0 Å². The zero-order valence-corrected chi connectivity index (χ0v) is 6.52. The van der Waals surface area contributed by atoms with Crippen LogP contribution in [0.3, 0.4) is 0 Å². The molecule has 2 saturated heterocycles. The van der Waals surface area contributed by atoms with E-state index in [1.54, 1.807) is 0 Å². The van der Waals surface area contributed by atoms with Crippen molar-refractivity contribution < 1.29 is 9.53 Å². The fraction of sp³-hybridized carbons (Fsp3) is 0.857. The molecule has 2 rings (SSSR count). The molecule has 2 fully saturated rings. The van der Waals surface area contributed by atoms with Crippen LogP contribution in [0.2, 0.25) is 0 Å². The van der Waals surface area contributed by atoms with E-state index in [9.17, 15) is 4.79 Å². The van der Waals surface area contributed by atoms with Crippen molar-refractivity contribution in [2.24, 2.45) is 0 Å². The Bertz CT molecular complexity index is 189. The molecule has 11 heavy (non-hydrogen) atoms. The maximum absolute atomic E-state index is 11.0. The number of carbonyl (C=O) groups excluding carboxylic acids is 1. The lowest BCUT2D eigenvalue weighted by Crippen LogP contribution is -2.73. The molecule has 1 spiro atoms. The van der Waals surface area contributed by atoms with Crippen LogP contribution in [0.15, 0.2) is 0 Å². The maximum Gasteiger partial charge on any atom is 0.236 e. The number of rotatable bonds is 0. The Morgan fingerprint density at radius 1 is 1.64 bits per heavy atom. The molecule has 1 amide bonds. The van der Waals surface area contributed by atoms with Crippen LogP contribution in [0.25, 0.3) is 0 Å². The fourth-order valence-corrected chi connectivity index (χ4v) is 1.52. The number of hydrogen-bond acceptors (Lipinski definition) is 3. The molecule has 62 valence electrons. The predicted octanol–water partition coefficient (Wildman–Crippen LogP) is -1.14. The molecule has 0 bridgehead atoms. The zero-order valence-electron chi connectivity index (χ0n) is 6.52. The number of nitrogens with one attached hydrogen (secondary N) is 2. The van der Waals surface area contributed by atoms with Gasteiger partial charge in [-0.15, -0.1) is 0 Å². The number of piperazine rings is 1. The van der Waals surface area contributed by atoms with Crippen molar-refractivity contribution in [3.05, 3.63) is 0 Å². The molecule has 0 saturated carbocycles. The first-order valence-electron chi connectivity index (χ1n) is 3.85. The number of ether oxygens (including phenoxy) is 1. The van der Waals surface area contributed by atoms with E-state index in [1.165, 1.54) is 0 Å². The van der Waals surface area contributed by atoms with E-state index in [2.05, 4.69) is 10.6 Å². The van der Waals surface area contributed by atoms with Gasteiger partial charge in [-0.1, -0.05) is 0 Å². The first-order valence-corrected chi connectivity index (χ1v) is 3.85. The second-order valence-electron chi connectivity index (χ2n) is 3.36. The van der Waals surface area contributed by atoms with E-state index in [-0.39, 0.29) is 17.5 Å². The molecule has 1 unspecified atom stereocenters. The minimum absolute atomic E-state index is 0.0489.